The van der Waals surface area contributed by atoms with Gasteiger partial charge in [0, 0.05) is 127 Å². The predicted molar refractivity (Wildman–Crippen MR) is 374 cm³/mol. The van der Waals surface area contributed by atoms with E-state index >= 15 is 0 Å². The first kappa shape index (κ1) is 71.8. The second kappa shape index (κ2) is 29.5. The lowest BCUT2D eigenvalue weighted by atomic mass is 9.60. The highest BCUT2D eigenvalue weighted by molar-refractivity contribution is 5.94. The molecule has 5 aromatic rings. The average molecular weight is 1390 g/mol. The van der Waals surface area contributed by atoms with Crippen molar-refractivity contribution in [1.29, 1.82) is 0 Å². The fourth-order valence-corrected chi connectivity index (χ4v) is 15.3. The van der Waals surface area contributed by atoms with E-state index in [0.717, 1.165) is 145 Å². The molecule has 4 saturated heterocycles. The van der Waals surface area contributed by atoms with Gasteiger partial charge in [-0.05, 0) is 172 Å². The van der Waals surface area contributed by atoms with Crippen LogP contribution in [0.5, 0.6) is 11.5 Å². The first-order valence-corrected chi connectivity index (χ1v) is 35.7. The van der Waals surface area contributed by atoms with Crippen molar-refractivity contribution in [2.24, 2.45) is 10.8 Å². The molecule has 0 bridgehead atoms. The molecule has 544 valence electrons. The molecular weight excluding hydrogens is 1290 g/mol. The summed E-state index contributed by atoms with van der Waals surface area (Å²) >= 11 is 0. The van der Waals surface area contributed by atoms with Crippen LogP contribution in [0.4, 0.5) is 33.1 Å². The van der Waals surface area contributed by atoms with Crippen LogP contribution in [-0.2, 0) is 51.6 Å². The largest absolute Gasteiger partial charge is 0.508 e. The van der Waals surface area contributed by atoms with Crippen molar-refractivity contribution in [3.63, 3.8) is 0 Å². The van der Waals surface area contributed by atoms with E-state index in [2.05, 4.69) is 46.0 Å². The van der Waals surface area contributed by atoms with Gasteiger partial charge in [0.2, 0.25) is 23.7 Å². The number of nitrogens with one attached hydrogen (secondary N) is 4. The summed E-state index contributed by atoms with van der Waals surface area (Å²) in [6, 6.07) is 13.1. The van der Waals surface area contributed by atoms with Crippen molar-refractivity contribution in [2.75, 3.05) is 85.9 Å². The molecule has 2 spiro atoms. The topological polar surface area (TPSA) is 336 Å². The number of carbonyl (C=O) groups excluding carboxylic acids is 6. The molecule has 2 aromatic carbocycles. The van der Waals surface area contributed by atoms with E-state index in [0.29, 0.717) is 47.9 Å². The minimum atomic E-state index is -1.11. The number of rotatable bonds is 17. The van der Waals surface area contributed by atoms with E-state index in [9.17, 15) is 44.1 Å². The molecule has 28 nitrogen and oxygen atoms in total. The van der Waals surface area contributed by atoms with Gasteiger partial charge in [0.05, 0.1) is 30.0 Å². The van der Waals surface area contributed by atoms with Crippen molar-refractivity contribution in [3.05, 3.63) is 100 Å². The number of phenolic OH excluding ortho intramolecular Hbond substituents is 1. The predicted octanol–water partition coefficient (Wildman–Crippen LogP) is 7.27. The summed E-state index contributed by atoms with van der Waals surface area (Å²) < 4.78 is 22.8. The summed E-state index contributed by atoms with van der Waals surface area (Å²) in [5.41, 5.74) is 3.53. The molecule has 0 radical (unpaired) electrons. The molecular formula is C73H99N15O13. The normalized spacial score (nSPS) is 20.6. The Hall–Kier alpha value is -9.05. The van der Waals surface area contributed by atoms with E-state index in [1.807, 2.05) is 34.9 Å². The molecule has 9 heterocycles. The minimum absolute atomic E-state index is 0.0984. The Morgan fingerprint density at radius 3 is 1.45 bits per heavy atom. The molecule has 13 rings (SSSR count). The summed E-state index contributed by atoms with van der Waals surface area (Å²) in [6.07, 6.45) is 8.88. The van der Waals surface area contributed by atoms with Gasteiger partial charge < -0.3 is 74.8 Å². The number of hydrogen-bond donors (Lipinski definition) is 7. The molecule has 6 aliphatic heterocycles. The van der Waals surface area contributed by atoms with E-state index < -0.39 is 59.5 Å². The zero-order chi connectivity index (χ0) is 71.7. The molecule has 3 aromatic heterocycles. The Labute approximate surface area is 589 Å². The Morgan fingerprint density at radius 1 is 0.594 bits per heavy atom. The van der Waals surface area contributed by atoms with Gasteiger partial charge in [-0.25, -0.2) is 24.5 Å². The van der Waals surface area contributed by atoms with Crippen LogP contribution in [0.1, 0.15) is 174 Å². The van der Waals surface area contributed by atoms with E-state index in [4.69, 9.17) is 28.6 Å². The van der Waals surface area contributed by atoms with Crippen molar-refractivity contribution in [2.45, 2.75) is 207 Å². The molecule has 6 amide bonds. The Bertz CT molecular complexity index is 3850. The maximum absolute atomic E-state index is 13.7. The Balaban J connectivity index is 0.000000193. The number of benzene rings is 2. The van der Waals surface area contributed by atoms with Gasteiger partial charge in [-0.1, -0.05) is 12.1 Å². The van der Waals surface area contributed by atoms with Crippen LogP contribution < -0.4 is 35.8 Å². The molecule has 28 heteroatoms. The number of aromatic hydroxyl groups is 1. The van der Waals surface area contributed by atoms with Crippen molar-refractivity contribution < 1.29 is 62.7 Å². The molecule has 101 heavy (non-hydrogen) atoms. The molecule has 4 atom stereocenters. The third-order valence-electron chi connectivity index (χ3n) is 20.6. The number of aromatic nitrogens is 5. The number of nitrogens with zero attached hydrogens (tertiary/aromatic N) is 11. The number of fused-ring (bicyclic) bond motifs is 2. The first-order chi connectivity index (χ1) is 48.0. The highest BCUT2D eigenvalue weighted by Gasteiger charge is 2.54. The lowest BCUT2D eigenvalue weighted by Crippen LogP contribution is -2.65. The van der Waals surface area contributed by atoms with Crippen LogP contribution in [0.15, 0.2) is 59.3 Å². The lowest BCUT2D eigenvalue weighted by Gasteiger charge is -2.59. The van der Waals surface area contributed by atoms with Crippen molar-refractivity contribution >= 4 is 59.3 Å². The first-order valence-electron chi connectivity index (χ1n) is 35.7. The number of carbonyl (C=O) groups is 6. The summed E-state index contributed by atoms with van der Waals surface area (Å²) in [5.74, 6) is 2.85. The molecule has 0 unspecified atom stereocenters. The smallest absolute Gasteiger partial charge is 0.410 e. The maximum Gasteiger partial charge on any atom is 0.410 e. The number of piperidine rings is 2. The average Bonchev–Trinajstić information content (AvgIpc) is 0.819. The van der Waals surface area contributed by atoms with Gasteiger partial charge in [-0.3, -0.25) is 29.0 Å². The molecule has 2 saturated carbocycles. The van der Waals surface area contributed by atoms with Crippen LogP contribution in [0.3, 0.4) is 0 Å². The minimum Gasteiger partial charge on any atom is -0.508 e. The van der Waals surface area contributed by atoms with Crippen LogP contribution in [0.2, 0.25) is 0 Å². The number of oxazole rings is 1. The zero-order valence-corrected chi connectivity index (χ0v) is 59.7. The monoisotopic (exact) mass is 1390 g/mol. The van der Waals surface area contributed by atoms with Gasteiger partial charge in [-0.2, -0.15) is 9.97 Å². The van der Waals surface area contributed by atoms with E-state index in [-0.39, 0.29) is 84.7 Å². The number of amides is 6. The number of ether oxygens (including phenoxy) is 3. The molecule has 2 aliphatic carbocycles. The Kier molecular flexibility index (Phi) is 21.0. The number of phenols is 1. The fourth-order valence-electron chi connectivity index (χ4n) is 15.3. The quantitative estimate of drug-likeness (QED) is 0.0481. The summed E-state index contributed by atoms with van der Waals surface area (Å²) in [7, 11) is 0. The van der Waals surface area contributed by atoms with Crippen molar-refractivity contribution in [1.82, 2.24) is 55.2 Å². The standard InChI is InChI=1S/C39H52N8O7.C34H47N7O6/c1-24-33(53-23-41-24)20-52-29-10-9-26-14-31(47(19-27(26)13-29)37(51)54-38(3,4)5)32(49)18-40-35(50)30-15-34(44-36(43-30)45-11-7-6-8-12-45)42-28-16-39(17-28)21-46(22-39)25(2)48;1-21(42)40-19-34(20-40)15-24(16-34)36-29-14-26(37-31(38-29)39-10-6-5-7-11-39)30(45)35-17-28(44)27-13-22-8-9-25(43)12-23(22)18-41(27)32(46)47-33(2,3)4/h9-10,13,15,23,28,31-32,49H,6-8,11-12,14,16-22H2,1-5H3,(H,40,50)(H,42,43,44);8-9,12,14,24,27-28,43-44H,5-7,10-11,13,15-20H2,1-4H3,(H,35,45)(H,36,37,38)/t31-,32+;27-,28+/m00/s1. The molecule has 7 N–H and O–H groups in total. The van der Waals surface area contributed by atoms with Crippen LogP contribution in [-0.4, -0.2) is 209 Å². The number of aryl methyl sites for hydroxylation is 1. The summed E-state index contributed by atoms with van der Waals surface area (Å²) in [5, 5.41) is 45.7. The third-order valence-corrected chi connectivity index (χ3v) is 20.6. The second-order valence-corrected chi connectivity index (χ2v) is 31.1. The van der Waals surface area contributed by atoms with Gasteiger partial charge in [-0.15, -0.1) is 0 Å². The maximum atomic E-state index is 13.7. The van der Waals surface area contributed by atoms with Gasteiger partial charge >= 0.3 is 12.2 Å². The SMILES string of the molecule is CC(=O)N1CC2(CC(Nc3cc(C(=O)NC[C@@H](O)[C@@H]4Cc5ccc(O)cc5CN4C(=O)OC(C)(C)C)nc(N4CCCCC4)n3)C2)C1.CC(=O)N1CC2(CC(Nc3cc(C(=O)NC[C@@H](O)[C@@H]4Cc5ccc(OCc6ocnc6C)cc5CN4C(=O)OC(C)(C)C)nc(N4CCCCC4)n3)C2)C1. The number of anilines is 4. The Morgan fingerprint density at radius 2 is 1.03 bits per heavy atom. The number of aliphatic hydroxyl groups is 2. The lowest BCUT2D eigenvalue weighted by molar-refractivity contribution is -0.148. The van der Waals surface area contributed by atoms with E-state index in [1.54, 1.807) is 85.7 Å². The number of likely N-dealkylation sites (tertiary alicyclic amines) is 2. The fraction of sp³-hybridized carbons (Fsp3) is 0.603. The number of aliphatic hydroxyl groups excluding tert-OH is 2. The zero-order valence-electron chi connectivity index (χ0n) is 59.7. The second-order valence-electron chi connectivity index (χ2n) is 31.1. The third kappa shape index (κ3) is 17.3. The van der Waals surface area contributed by atoms with Gasteiger partial charge in [0.25, 0.3) is 11.8 Å². The summed E-state index contributed by atoms with van der Waals surface area (Å²) in [4.78, 5) is 111. The molecule has 8 aliphatic rings. The van der Waals surface area contributed by atoms with Gasteiger partial charge in [0.15, 0.2) is 12.2 Å². The van der Waals surface area contributed by atoms with Crippen LogP contribution in [0.25, 0.3) is 0 Å². The summed E-state index contributed by atoms with van der Waals surface area (Å²) in [6.45, 7) is 22.6. The van der Waals surface area contributed by atoms with Gasteiger partial charge in [0.1, 0.15) is 52.3 Å². The van der Waals surface area contributed by atoms with E-state index in [1.165, 1.54) is 16.2 Å². The molecule has 6 fully saturated rings. The number of hydrogen-bond acceptors (Lipinski definition) is 22. The highest BCUT2D eigenvalue weighted by atomic mass is 16.6. The highest BCUT2D eigenvalue weighted by Crippen LogP contribution is 2.50. The van der Waals surface area contributed by atoms with Crippen LogP contribution >= 0.6 is 0 Å². The van der Waals surface area contributed by atoms with Crippen LogP contribution in [0, 0.1) is 17.8 Å². The van der Waals surface area contributed by atoms with Crippen molar-refractivity contribution in [3.8, 4) is 11.5 Å².